The van der Waals surface area contributed by atoms with E-state index in [0.717, 1.165) is 10.0 Å². The molecule has 0 aliphatic rings. The summed E-state index contributed by atoms with van der Waals surface area (Å²) in [5.74, 6) is -0.247. The lowest BCUT2D eigenvalue weighted by atomic mass is 9.81. The Hall–Kier alpha value is -1.07. The summed E-state index contributed by atoms with van der Waals surface area (Å²) in [6.07, 6.45) is -0.402. The Morgan fingerprint density at radius 2 is 2.05 bits per heavy atom. The number of methoxy groups -OCH3 is 1. The van der Waals surface area contributed by atoms with Crippen LogP contribution >= 0.6 is 15.9 Å². The molecule has 1 aromatic rings. The smallest absolute Gasteiger partial charge is 0.303 e. The van der Waals surface area contributed by atoms with Crippen molar-refractivity contribution in [3.05, 3.63) is 27.7 Å². The lowest BCUT2D eigenvalue weighted by Gasteiger charge is -2.26. The highest BCUT2D eigenvalue weighted by atomic mass is 79.9. The number of aliphatic hydroxyl groups is 1. The van der Waals surface area contributed by atoms with E-state index in [-0.39, 0.29) is 6.42 Å². The first-order chi connectivity index (χ1) is 9.16. The summed E-state index contributed by atoms with van der Waals surface area (Å²) in [4.78, 5) is 10.8. The second-order valence-electron chi connectivity index (χ2n) is 5.80. The Balaban J connectivity index is 3.00. The van der Waals surface area contributed by atoms with Crippen molar-refractivity contribution in [1.29, 1.82) is 0 Å². The summed E-state index contributed by atoms with van der Waals surface area (Å²) < 4.78 is 6.19. The van der Waals surface area contributed by atoms with Crippen LogP contribution in [0.5, 0.6) is 5.75 Å². The molecule has 1 atom stereocenters. The number of carboxylic acid groups (broad SMARTS) is 1. The quantitative estimate of drug-likeness (QED) is 0.825. The van der Waals surface area contributed by atoms with Crippen molar-refractivity contribution in [3.8, 4) is 5.75 Å². The van der Waals surface area contributed by atoms with Gasteiger partial charge >= 0.3 is 5.97 Å². The summed E-state index contributed by atoms with van der Waals surface area (Å²) in [7, 11) is 1.56. The van der Waals surface area contributed by atoms with Crippen molar-refractivity contribution >= 4 is 21.9 Å². The van der Waals surface area contributed by atoms with Gasteiger partial charge in [-0.25, -0.2) is 0 Å². The fourth-order valence-electron chi connectivity index (χ4n) is 2.22. The molecule has 0 saturated carbocycles. The lowest BCUT2D eigenvalue weighted by Crippen LogP contribution is -2.20. The largest absolute Gasteiger partial charge is 0.496 e. The van der Waals surface area contributed by atoms with Gasteiger partial charge < -0.3 is 14.9 Å². The maximum Gasteiger partial charge on any atom is 0.303 e. The molecule has 4 nitrogen and oxygen atoms in total. The highest BCUT2D eigenvalue weighted by Crippen LogP contribution is 2.38. The highest BCUT2D eigenvalue weighted by molar-refractivity contribution is 9.10. The van der Waals surface area contributed by atoms with Gasteiger partial charge in [-0.15, -0.1) is 0 Å². The first-order valence-corrected chi connectivity index (χ1v) is 7.19. The predicted molar refractivity (Wildman–Crippen MR) is 81.0 cm³/mol. The number of aryl methyl sites for hydroxylation is 1. The van der Waals surface area contributed by atoms with Crippen LogP contribution < -0.4 is 4.74 Å². The Kier molecular flexibility index (Phi) is 5.59. The summed E-state index contributed by atoms with van der Waals surface area (Å²) >= 11 is 3.44. The van der Waals surface area contributed by atoms with Crippen LogP contribution in [0.3, 0.4) is 0 Å². The first-order valence-electron chi connectivity index (χ1n) is 6.40. The van der Waals surface area contributed by atoms with E-state index in [9.17, 15) is 9.90 Å². The molecule has 0 radical (unpaired) electrons. The molecule has 0 saturated heterocycles. The van der Waals surface area contributed by atoms with Crippen molar-refractivity contribution in [1.82, 2.24) is 0 Å². The molecule has 5 heteroatoms. The lowest BCUT2D eigenvalue weighted by molar-refractivity contribution is -0.139. The molecule has 0 aliphatic heterocycles. The molecule has 0 spiro atoms. The number of hydrogen-bond donors (Lipinski definition) is 2. The van der Waals surface area contributed by atoms with Crippen LogP contribution in [0, 0.1) is 12.3 Å². The normalized spacial score (nSPS) is 13.1. The number of aliphatic carboxylic acids is 1. The van der Waals surface area contributed by atoms with Crippen LogP contribution in [0.15, 0.2) is 16.6 Å². The summed E-state index contributed by atoms with van der Waals surface area (Å²) in [5, 5.41) is 19.3. The van der Waals surface area contributed by atoms with E-state index in [4.69, 9.17) is 9.84 Å². The van der Waals surface area contributed by atoms with Crippen LogP contribution in [0.2, 0.25) is 0 Å². The molecule has 0 bridgehead atoms. The van der Waals surface area contributed by atoms with Gasteiger partial charge in [-0.05, 0) is 36.5 Å². The molecule has 0 aliphatic carbocycles. The third-order valence-corrected chi connectivity index (χ3v) is 4.10. The second-order valence-corrected chi connectivity index (χ2v) is 6.65. The maximum absolute atomic E-state index is 10.8. The van der Waals surface area contributed by atoms with Crippen LogP contribution in [0.1, 0.15) is 43.9 Å². The standard InChI is InChI=1S/C15H21BrO4/c1-9-5-13(20-4)10(6-11(9)16)12(17)7-15(2,3)8-14(18)19/h5-6,12,17H,7-8H2,1-4H3,(H,18,19). The molecule has 20 heavy (non-hydrogen) atoms. The number of aliphatic hydroxyl groups excluding tert-OH is 1. The predicted octanol–water partition coefficient (Wildman–Crippen LogP) is 3.69. The summed E-state index contributed by atoms with van der Waals surface area (Å²) in [6.45, 7) is 5.61. The van der Waals surface area contributed by atoms with Gasteiger partial charge in [0.25, 0.3) is 0 Å². The van der Waals surface area contributed by atoms with Gasteiger partial charge in [0.1, 0.15) is 5.75 Å². The van der Waals surface area contributed by atoms with Crippen molar-refractivity contribution in [3.63, 3.8) is 0 Å². The molecule has 112 valence electrons. The molecule has 1 unspecified atom stereocenters. The van der Waals surface area contributed by atoms with E-state index in [1.54, 1.807) is 7.11 Å². The van der Waals surface area contributed by atoms with Gasteiger partial charge in [-0.1, -0.05) is 29.8 Å². The van der Waals surface area contributed by atoms with Crippen molar-refractivity contribution < 1.29 is 19.7 Å². The Morgan fingerprint density at radius 1 is 1.45 bits per heavy atom. The fourth-order valence-corrected chi connectivity index (χ4v) is 2.58. The molecule has 1 rings (SSSR count). The van der Waals surface area contributed by atoms with Gasteiger partial charge in [0, 0.05) is 10.0 Å². The average molecular weight is 345 g/mol. The van der Waals surface area contributed by atoms with E-state index >= 15 is 0 Å². The number of ether oxygens (including phenoxy) is 1. The van der Waals surface area contributed by atoms with Crippen molar-refractivity contribution in [2.24, 2.45) is 5.41 Å². The van der Waals surface area contributed by atoms with Crippen molar-refractivity contribution in [2.45, 2.75) is 39.7 Å². The minimum Gasteiger partial charge on any atom is -0.496 e. The molecule has 1 aromatic carbocycles. The molecule has 2 N–H and O–H groups in total. The average Bonchev–Trinajstić information content (AvgIpc) is 2.29. The van der Waals surface area contributed by atoms with E-state index in [0.29, 0.717) is 17.7 Å². The zero-order chi connectivity index (χ0) is 15.5. The SMILES string of the molecule is COc1cc(C)c(Br)cc1C(O)CC(C)(C)CC(=O)O. The summed E-state index contributed by atoms with van der Waals surface area (Å²) in [6, 6.07) is 3.68. The van der Waals surface area contributed by atoms with Crippen LogP contribution in [0.25, 0.3) is 0 Å². The Labute approximate surface area is 127 Å². The highest BCUT2D eigenvalue weighted by Gasteiger charge is 2.27. The van der Waals surface area contributed by atoms with E-state index < -0.39 is 17.5 Å². The number of benzene rings is 1. The maximum atomic E-state index is 10.8. The third kappa shape index (κ3) is 4.49. The third-order valence-electron chi connectivity index (χ3n) is 3.25. The molecular formula is C15H21BrO4. The monoisotopic (exact) mass is 344 g/mol. The van der Waals surface area contributed by atoms with Gasteiger partial charge in [-0.3, -0.25) is 4.79 Å². The number of rotatable bonds is 6. The minimum atomic E-state index is -0.862. The first kappa shape index (κ1) is 17.0. The minimum absolute atomic E-state index is 0.0133. The molecule has 0 aromatic heterocycles. The molecular weight excluding hydrogens is 324 g/mol. The van der Waals surface area contributed by atoms with E-state index in [1.807, 2.05) is 32.9 Å². The number of carbonyl (C=O) groups is 1. The van der Waals surface area contributed by atoms with Gasteiger partial charge in [-0.2, -0.15) is 0 Å². The molecule has 0 fully saturated rings. The summed E-state index contributed by atoms with van der Waals surface area (Å²) in [5.41, 5.74) is 1.19. The molecule has 0 heterocycles. The van der Waals surface area contributed by atoms with Gasteiger partial charge in [0.2, 0.25) is 0 Å². The zero-order valence-corrected chi connectivity index (χ0v) is 13.8. The van der Waals surface area contributed by atoms with E-state index in [2.05, 4.69) is 15.9 Å². The zero-order valence-electron chi connectivity index (χ0n) is 12.2. The second kappa shape index (κ2) is 6.59. The van der Waals surface area contributed by atoms with Crippen LogP contribution in [-0.2, 0) is 4.79 Å². The molecule has 0 amide bonds. The topological polar surface area (TPSA) is 66.8 Å². The van der Waals surface area contributed by atoms with Gasteiger partial charge in [0.15, 0.2) is 0 Å². The van der Waals surface area contributed by atoms with Crippen LogP contribution in [0.4, 0.5) is 0 Å². The van der Waals surface area contributed by atoms with Crippen LogP contribution in [-0.4, -0.2) is 23.3 Å². The number of hydrogen-bond acceptors (Lipinski definition) is 3. The Bertz CT molecular complexity index is 497. The Morgan fingerprint density at radius 3 is 2.55 bits per heavy atom. The number of carboxylic acids is 1. The van der Waals surface area contributed by atoms with Gasteiger partial charge in [0.05, 0.1) is 19.6 Å². The fraction of sp³-hybridized carbons (Fsp3) is 0.533. The van der Waals surface area contributed by atoms with Crippen molar-refractivity contribution in [2.75, 3.05) is 7.11 Å². The van der Waals surface area contributed by atoms with E-state index in [1.165, 1.54) is 0 Å². The number of halogens is 1.